The van der Waals surface area contributed by atoms with Crippen LogP contribution in [0.3, 0.4) is 0 Å². The summed E-state index contributed by atoms with van der Waals surface area (Å²) in [4.78, 5) is 6.85. The molecule has 1 aliphatic heterocycles. The van der Waals surface area contributed by atoms with E-state index in [2.05, 4.69) is 57.8 Å². The van der Waals surface area contributed by atoms with E-state index in [1.165, 1.54) is 23.8 Å². The number of nitrogens with one attached hydrogen (secondary N) is 2. The number of hydrogen-bond donors (Lipinski definition) is 2. The van der Waals surface area contributed by atoms with E-state index in [0.29, 0.717) is 24.5 Å². The molecule has 1 aliphatic carbocycles. The van der Waals surface area contributed by atoms with Crippen molar-refractivity contribution < 1.29 is 8.78 Å². The standard InChI is InChI=1S/C24H30F2N4/c1-16(17-7-4-3-5-8-17)30-13-11-18(12-14-30)28-24(27-2)29-22-15-19(22)23-20(25)9-6-10-21(23)26/h3-10,16,18-19,22H,11-15H2,1-2H3,(H2,27,28,29). The van der Waals surface area contributed by atoms with Crippen LogP contribution in [0.1, 0.15) is 49.3 Å². The highest BCUT2D eigenvalue weighted by Crippen LogP contribution is 2.43. The van der Waals surface area contributed by atoms with E-state index in [9.17, 15) is 8.78 Å². The van der Waals surface area contributed by atoms with Gasteiger partial charge in [0.15, 0.2) is 5.96 Å². The van der Waals surface area contributed by atoms with Crippen molar-refractivity contribution in [2.45, 2.75) is 50.2 Å². The first-order valence-electron chi connectivity index (χ1n) is 10.8. The molecular weight excluding hydrogens is 382 g/mol. The van der Waals surface area contributed by atoms with E-state index in [4.69, 9.17) is 0 Å². The van der Waals surface area contributed by atoms with Crippen LogP contribution in [0.5, 0.6) is 0 Å². The summed E-state index contributed by atoms with van der Waals surface area (Å²) in [5.74, 6) is -0.355. The number of guanidine groups is 1. The van der Waals surface area contributed by atoms with Crippen LogP contribution in [0, 0.1) is 11.6 Å². The zero-order valence-corrected chi connectivity index (χ0v) is 17.6. The average Bonchev–Trinajstić information content (AvgIpc) is 3.52. The molecule has 6 heteroatoms. The topological polar surface area (TPSA) is 39.7 Å². The number of rotatable bonds is 5. The first-order chi connectivity index (χ1) is 14.6. The SMILES string of the molecule is CN=C(NC1CCN(C(C)c2ccccc2)CC1)NC1CC1c1c(F)cccc1F. The number of hydrogen-bond acceptors (Lipinski definition) is 2. The predicted molar refractivity (Wildman–Crippen MR) is 117 cm³/mol. The number of likely N-dealkylation sites (tertiary alicyclic amines) is 1. The number of halogens is 2. The zero-order valence-electron chi connectivity index (χ0n) is 17.6. The fraction of sp³-hybridized carbons (Fsp3) is 0.458. The Balaban J connectivity index is 1.27. The van der Waals surface area contributed by atoms with Crippen LogP contribution in [0.2, 0.25) is 0 Å². The molecule has 2 fully saturated rings. The van der Waals surface area contributed by atoms with Crippen molar-refractivity contribution in [2.24, 2.45) is 4.99 Å². The number of aliphatic imine (C=N–C) groups is 1. The Labute approximate surface area is 177 Å². The molecule has 0 bridgehead atoms. The number of nitrogens with zero attached hydrogens (tertiary/aromatic N) is 2. The second kappa shape index (κ2) is 9.13. The van der Waals surface area contributed by atoms with Gasteiger partial charge in [-0.05, 0) is 43.9 Å². The summed E-state index contributed by atoms with van der Waals surface area (Å²) in [5, 5.41) is 6.84. The summed E-state index contributed by atoms with van der Waals surface area (Å²) in [6, 6.07) is 15.4. The largest absolute Gasteiger partial charge is 0.354 e. The summed E-state index contributed by atoms with van der Waals surface area (Å²) < 4.78 is 28.0. The zero-order chi connectivity index (χ0) is 21.1. The van der Waals surface area contributed by atoms with Crippen LogP contribution in [0.15, 0.2) is 53.5 Å². The van der Waals surface area contributed by atoms with Crippen molar-refractivity contribution in [3.63, 3.8) is 0 Å². The van der Waals surface area contributed by atoms with Gasteiger partial charge in [0.05, 0.1) is 0 Å². The molecule has 0 spiro atoms. The van der Waals surface area contributed by atoms with Gasteiger partial charge in [-0.15, -0.1) is 0 Å². The van der Waals surface area contributed by atoms with Crippen LogP contribution >= 0.6 is 0 Å². The van der Waals surface area contributed by atoms with Gasteiger partial charge in [-0.1, -0.05) is 36.4 Å². The van der Waals surface area contributed by atoms with E-state index in [1.54, 1.807) is 7.05 Å². The smallest absolute Gasteiger partial charge is 0.191 e. The third kappa shape index (κ3) is 4.64. The number of piperidine rings is 1. The van der Waals surface area contributed by atoms with Crippen LogP contribution < -0.4 is 10.6 Å². The molecule has 0 amide bonds. The minimum absolute atomic E-state index is 0.0146. The Bertz CT molecular complexity index is 858. The first kappa shape index (κ1) is 20.8. The van der Waals surface area contributed by atoms with Gasteiger partial charge in [-0.2, -0.15) is 0 Å². The molecule has 3 unspecified atom stereocenters. The van der Waals surface area contributed by atoms with E-state index in [1.807, 2.05) is 0 Å². The van der Waals surface area contributed by atoms with Gasteiger partial charge in [0.1, 0.15) is 11.6 Å². The van der Waals surface area contributed by atoms with Crippen LogP contribution in [-0.4, -0.2) is 43.1 Å². The molecular formula is C24H30F2N4. The van der Waals surface area contributed by atoms with Crippen molar-refractivity contribution in [1.82, 2.24) is 15.5 Å². The van der Waals surface area contributed by atoms with Gasteiger partial charge in [-0.25, -0.2) is 8.78 Å². The molecule has 1 saturated carbocycles. The quantitative estimate of drug-likeness (QED) is 0.571. The Morgan fingerprint density at radius 2 is 1.67 bits per heavy atom. The highest BCUT2D eigenvalue weighted by molar-refractivity contribution is 5.80. The number of benzene rings is 2. The maximum atomic E-state index is 14.0. The molecule has 2 aromatic rings. The molecule has 0 aromatic heterocycles. The fourth-order valence-corrected chi connectivity index (χ4v) is 4.45. The summed E-state index contributed by atoms with van der Waals surface area (Å²) in [6.07, 6.45) is 2.79. The van der Waals surface area contributed by atoms with E-state index in [-0.39, 0.29) is 17.5 Å². The first-order valence-corrected chi connectivity index (χ1v) is 10.8. The predicted octanol–water partition coefficient (Wildman–Crippen LogP) is 4.21. The molecule has 1 heterocycles. The Kier molecular flexibility index (Phi) is 6.32. The molecule has 4 rings (SSSR count). The minimum Gasteiger partial charge on any atom is -0.354 e. The summed E-state index contributed by atoms with van der Waals surface area (Å²) >= 11 is 0. The van der Waals surface area contributed by atoms with Crippen molar-refractivity contribution in [3.8, 4) is 0 Å². The molecule has 4 nitrogen and oxygen atoms in total. The lowest BCUT2D eigenvalue weighted by molar-refractivity contribution is 0.158. The highest BCUT2D eigenvalue weighted by atomic mass is 19.1. The van der Waals surface area contributed by atoms with Crippen LogP contribution in [-0.2, 0) is 0 Å². The maximum absolute atomic E-state index is 14.0. The van der Waals surface area contributed by atoms with Gasteiger partial charge >= 0.3 is 0 Å². The Morgan fingerprint density at radius 3 is 2.30 bits per heavy atom. The normalized spacial score (nSPS) is 23.8. The summed E-state index contributed by atoms with van der Waals surface area (Å²) in [7, 11) is 1.74. The van der Waals surface area contributed by atoms with Gasteiger partial charge in [0, 0.05) is 49.7 Å². The third-order valence-corrected chi connectivity index (χ3v) is 6.41. The highest BCUT2D eigenvalue weighted by Gasteiger charge is 2.42. The molecule has 2 aromatic carbocycles. The van der Waals surface area contributed by atoms with E-state index < -0.39 is 11.6 Å². The lowest BCUT2D eigenvalue weighted by Crippen LogP contribution is -2.49. The lowest BCUT2D eigenvalue weighted by Gasteiger charge is -2.37. The minimum atomic E-state index is -0.466. The molecule has 0 radical (unpaired) electrons. The molecule has 160 valence electrons. The Morgan fingerprint density at radius 1 is 1.00 bits per heavy atom. The Hall–Kier alpha value is -2.47. The average molecular weight is 413 g/mol. The summed E-state index contributed by atoms with van der Waals surface area (Å²) in [5.41, 5.74) is 1.54. The molecule has 3 atom stereocenters. The van der Waals surface area contributed by atoms with Crippen molar-refractivity contribution in [2.75, 3.05) is 20.1 Å². The van der Waals surface area contributed by atoms with Crippen molar-refractivity contribution in [1.29, 1.82) is 0 Å². The molecule has 2 aliphatic rings. The van der Waals surface area contributed by atoms with Crippen molar-refractivity contribution >= 4 is 5.96 Å². The van der Waals surface area contributed by atoms with Gasteiger partial charge in [0.25, 0.3) is 0 Å². The summed E-state index contributed by atoms with van der Waals surface area (Å²) in [6.45, 7) is 4.31. The van der Waals surface area contributed by atoms with Gasteiger partial charge in [-0.3, -0.25) is 9.89 Å². The van der Waals surface area contributed by atoms with Gasteiger partial charge < -0.3 is 10.6 Å². The molecule has 30 heavy (non-hydrogen) atoms. The molecule has 2 N–H and O–H groups in total. The second-order valence-corrected chi connectivity index (χ2v) is 8.34. The fourth-order valence-electron chi connectivity index (χ4n) is 4.45. The van der Waals surface area contributed by atoms with Crippen LogP contribution in [0.4, 0.5) is 8.78 Å². The second-order valence-electron chi connectivity index (χ2n) is 8.34. The van der Waals surface area contributed by atoms with E-state index >= 15 is 0 Å². The molecule has 1 saturated heterocycles. The third-order valence-electron chi connectivity index (χ3n) is 6.41. The lowest BCUT2D eigenvalue weighted by atomic mass is 10.0. The van der Waals surface area contributed by atoms with E-state index in [0.717, 1.165) is 25.9 Å². The monoisotopic (exact) mass is 412 g/mol. The van der Waals surface area contributed by atoms with Gasteiger partial charge in [0.2, 0.25) is 0 Å². The van der Waals surface area contributed by atoms with Crippen molar-refractivity contribution in [3.05, 3.63) is 71.3 Å². The van der Waals surface area contributed by atoms with Crippen LogP contribution in [0.25, 0.3) is 0 Å². The maximum Gasteiger partial charge on any atom is 0.191 e.